The molecule has 2 heteroatoms. The number of fused-ring (bicyclic) bond motifs is 1. The molecule has 1 aromatic carbocycles. The Kier molecular flexibility index (Phi) is 1.93. The lowest BCUT2D eigenvalue weighted by Gasteiger charge is -2.09. The van der Waals surface area contributed by atoms with Crippen molar-refractivity contribution in [3.8, 4) is 0 Å². The monoisotopic (exact) mass is 212 g/mol. The average Bonchev–Trinajstić information content (AvgIpc) is 3.02. The molecule has 2 nitrogen and oxygen atoms in total. The lowest BCUT2D eigenvalue weighted by atomic mass is 10.0. The van der Waals surface area contributed by atoms with Crippen LogP contribution in [0, 0.1) is 13.8 Å². The lowest BCUT2D eigenvalue weighted by molar-refractivity contribution is 1.04. The average molecular weight is 212 g/mol. The van der Waals surface area contributed by atoms with E-state index >= 15 is 0 Å². The fraction of sp³-hybridized carbons (Fsp3) is 0.357. The minimum Gasteiger partial charge on any atom is -0.398 e. The molecule has 0 bridgehead atoms. The predicted octanol–water partition coefficient (Wildman–Crippen LogP) is 3.31. The Morgan fingerprint density at radius 2 is 1.94 bits per heavy atom. The first kappa shape index (κ1) is 9.64. The Hall–Kier alpha value is -1.57. The summed E-state index contributed by atoms with van der Waals surface area (Å²) in [6.07, 6.45) is 2.53. The Bertz CT molecular complexity index is 568. The van der Waals surface area contributed by atoms with Crippen LogP contribution in [0.25, 0.3) is 10.9 Å². The van der Waals surface area contributed by atoms with Crippen LogP contribution < -0.4 is 5.73 Å². The highest BCUT2D eigenvalue weighted by atomic mass is 14.7. The van der Waals surface area contributed by atoms with Crippen LogP contribution in [0.4, 0.5) is 5.69 Å². The van der Waals surface area contributed by atoms with E-state index in [9.17, 15) is 0 Å². The van der Waals surface area contributed by atoms with E-state index < -0.39 is 0 Å². The molecule has 2 N–H and O–H groups in total. The second-order valence-electron chi connectivity index (χ2n) is 4.89. The molecule has 1 aromatic heterocycles. The predicted molar refractivity (Wildman–Crippen MR) is 67.6 cm³/mol. The molecule has 0 spiro atoms. The summed E-state index contributed by atoms with van der Waals surface area (Å²) in [6.45, 7) is 4.21. The first-order valence-electron chi connectivity index (χ1n) is 5.82. The highest BCUT2D eigenvalue weighted by Gasteiger charge is 2.25. The first-order valence-corrected chi connectivity index (χ1v) is 5.82. The maximum atomic E-state index is 6.12. The number of pyridine rings is 1. The van der Waals surface area contributed by atoms with Gasteiger partial charge >= 0.3 is 0 Å². The number of nitrogen functional groups attached to an aromatic ring is 1. The number of hydrogen-bond acceptors (Lipinski definition) is 2. The molecular weight excluding hydrogens is 196 g/mol. The molecule has 0 unspecified atom stereocenters. The Morgan fingerprint density at radius 1 is 1.19 bits per heavy atom. The van der Waals surface area contributed by atoms with Crippen LogP contribution in [0.5, 0.6) is 0 Å². The van der Waals surface area contributed by atoms with Gasteiger partial charge in [0.2, 0.25) is 0 Å². The topological polar surface area (TPSA) is 38.9 Å². The van der Waals surface area contributed by atoms with Crippen molar-refractivity contribution < 1.29 is 0 Å². The van der Waals surface area contributed by atoms with Crippen LogP contribution in [-0.2, 0) is 0 Å². The quantitative estimate of drug-likeness (QED) is 0.787. The standard InChI is InChI=1S/C14H16N2/c1-8-5-9(2)14-11(6-8)12(15)7-13(16-14)10-3-4-10/h5-7,10H,3-4H2,1-2H3,(H2,15,16). The number of hydrogen-bond donors (Lipinski definition) is 1. The number of aromatic nitrogens is 1. The second-order valence-corrected chi connectivity index (χ2v) is 4.89. The van der Waals surface area contributed by atoms with Gasteiger partial charge in [0.1, 0.15) is 0 Å². The van der Waals surface area contributed by atoms with Crippen molar-refractivity contribution in [3.05, 3.63) is 35.0 Å². The molecule has 0 saturated heterocycles. The molecule has 0 atom stereocenters. The maximum absolute atomic E-state index is 6.12. The molecule has 1 aliphatic carbocycles. The SMILES string of the molecule is Cc1cc(C)c2nc(C3CC3)cc(N)c2c1. The number of rotatable bonds is 1. The third kappa shape index (κ3) is 1.45. The van der Waals surface area contributed by atoms with Crippen molar-refractivity contribution in [2.75, 3.05) is 5.73 Å². The molecule has 2 aromatic rings. The van der Waals surface area contributed by atoms with Gasteiger partial charge in [0.15, 0.2) is 0 Å². The van der Waals surface area contributed by atoms with Gasteiger partial charge in [0.05, 0.1) is 5.52 Å². The number of aryl methyl sites for hydroxylation is 2. The Labute approximate surface area is 95.5 Å². The van der Waals surface area contributed by atoms with E-state index in [1.807, 2.05) is 0 Å². The van der Waals surface area contributed by atoms with Gasteiger partial charge in [-0.2, -0.15) is 0 Å². The van der Waals surface area contributed by atoms with Crippen LogP contribution in [0.1, 0.15) is 35.6 Å². The van der Waals surface area contributed by atoms with E-state index in [1.54, 1.807) is 0 Å². The van der Waals surface area contributed by atoms with E-state index in [-0.39, 0.29) is 0 Å². The maximum Gasteiger partial charge on any atom is 0.0755 e. The van der Waals surface area contributed by atoms with Crippen molar-refractivity contribution in [1.29, 1.82) is 0 Å². The van der Waals surface area contributed by atoms with Crippen molar-refractivity contribution in [3.63, 3.8) is 0 Å². The van der Waals surface area contributed by atoms with Gasteiger partial charge in [-0.3, -0.25) is 4.98 Å². The third-order valence-corrected chi connectivity index (χ3v) is 3.30. The molecule has 3 rings (SSSR count). The number of nitrogens with two attached hydrogens (primary N) is 1. The van der Waals surface area contributed by atoms with Gasteiger partial charge in [-0.05, 0) is 44.4 Å². The van der Waals surface area contributed by atoms with Gasteiger partial charge in [0.25, 0.3) is 0 Å². The summed E-state index contributed by atoms with van der Waals surface area (Å²) in [7, 11) is 0. The lowest BCUT2D eigenvalue weighted by Crippen LogP contribution is -1.96. The van der Waals surface area contributed by atoms with Crippen LogP contribution in [-0.4, -0.2) is 4.98 Å². The van der Waals surface area contributed by atoms with Gasteiger partial charge < -0.3 is 5.73 Å². The van der Waals surface area contributed by atoms with E-state index in [0.29, 0.717) is 5.92 Å². The fourth-order valence-corrected chi connectivity index (χ4v) is 2.32. The molecule has 1 saturated carbocycles. The van der Waals surface area contributed by atoms with Crippen LogP contribution in [0.2, 0.25) is 0 Å². The number of anilines is 1. The Balaban J connectivity index is 2.32. The minimum absolute atomic E-state index is 0.660. The zero-order chi connectivity index (χ0) is 11.3. The van der Waals surface area contributed by atoms with E-state index in [1.165, 1.54) is 29.7 Å². The molecular formula is C14H16N2. The highest BCUT2D eigenvalue weighted by molar-refractivity contribution is 5.92. The van der Waals surface area contributed by atoms with Gasteiger partial charge in [-0.15, -0.1) is 0 Å². The summed E-state index contributed by atoms with van der Waals surface area (Å²) in [6, 6.07) is 6.35. The van der Waals surface area contributed by atoms with E-state index in [4.69, 9.17) is 10.7 Å². The van der Waals surface area contributed by atoms with Gasteiger partial charge in [-0.1, -0.05) is 11.6 Å². The highest BCUT2D eigenvalue weighted by Crippen LogP contribution is 2.41. The zero-order valence-corrected chi connectivity index (χ0v) is 9.75. The van der Waals surface area contributed by atoms with Crippen LogP contribution >= 0.6 is 0 Å². The fourth-order valence-electron chi connectivity index (χ4n) is 2.32. The van der Waals surface area contributed by atoms with Crippen molar-refractivity contribution in [1.82, 2.24) is 4.98 Å². The molecule has 0 radical (unpaired) electrons. The molecule has 1 fully saturated rings. The summed E-state index contributed by atoms with van der Waals surface area (Å²) in [5, 5.41) is 1.10. The van der Waals surface area contributed by atoms with E-state index in [2.05, 4.69) is 32.0 Å². The van der Waals surface area contributed by atoms with Crippen LogP contribution in [0.15, 0.2) is 18.2 Å². The summed E-state index contributed by atoms with van der Waals surface area (Å²) >= 11 is 0. The summed E-state index contributed by atoms with van der Waals surface area (Å²) < 4.78 is 0. The van der Waals surface area contributed by atoms with Crippen molar-refractivity contribution >= 4 is 16.6 Å². The van der Waals surface area contributed by atoms with Crippen molar-refractivity contribution in [2.24, 2.45) is 0 Å². The van der Waals surface area contributed by atoms with Gasteiger partial charge in [-0.25, -0.2) is 0 Å². The van der Waals surface area contributed by atoms with Crippen LogP contribution in [0.3, 0.4) is 0 Å². The molecule has 1 heterocycles. The molecule has 16 heavy (non-hydrogen) atoms. The number of nitrogens with zero attached hydrogens (tertiary/aromatic N) is 1. The normalized spacial score (nSPS) is 15.6. The summed E-state index contributed by atoms with van der Waals surface area (Å²) in [5.74, 6) is 0.660. The third-order valence-electron chi connectivity index (χ3n) is 3.30. The molecule has 1 aliphatic rings. The number of benzene rings is 1. The zero-order valence-electron chi connectivity index (χ0n) is 9.75. The molecule has 82 valence electrons. The van der Waals surface area contributed by atoms with Crippen molar-refractivity contribution in [2.45, 2.75) is 32.6 Å². The molecule has 0 amide bonds. The van der Waals surface area contributed by atoms with Gasteiger partial charge in [0, 0.05) is 22.7 Å². The smallest absolute Gasteiger partial charge is 0.0755 e. The summed E-state index contributed by atoms with van der Waals surface area (Å²) in [5.41, 5.74) is 11.7. The second kappa shape index (κ2) is 3.21. The first-order chi connectivity index (χ1) is 7.65. The largest absolute Gasteiger partial charge is 0.398 e. The minimum atomic E-state index is 0.660. The van der Waals surface area contributed by atoms with E-state index in [0.717, 1.165) is 16.6 Å². The summed E-state index contributed by atoms with van der Waals surface area (Å²) in [4.78, 5) is 4.76. The molecule has 0 aliphatic heterocycles. The Morgan fingerprint density at radius 3 is 2.62 bits per heavy atom.